The van der Waals surface area contributed by atoms with Gasteiger partial charge >= 0.3 is 0 Å². The molecule has 3 rings (SSSR count). The molecule has 1 amide bonds. The fraction of sp³-hybridized carbons (Fsp3) is 0.409. The normalized spacial score (nSPS) is 15.9. The van der Waals surface area contributed by atoms with Crippen LogP contribution in [0.25, 0.3) is 0 Å². The molecule has 7 nitrogen and oxygen atoms in total. The van der Waals surface area contributed by atoms with E-state index in [4.69, 9.17) is 4.74 Å². The van der Waals surface area contributed by atoms with Crippen LogP contribution in [0, 0.1) is 0 Å². The minimum absolute atomic E-state index is 0.0693. The minimum atomic E-state index is -3.70. The summed E-state index contributed by atoms with van der Waals surface area (Å²) < 4.78 is 33.1. The van der Waals surface area contributed by atoms with Crippen molar-refractivity contribution in [2.24, 2.45) is 0 Å². The molecule has 8 heteroatoms. The Labute approximate surface area is 178 Å². The minimum Gasteiger partial charge on any atom is -0.496 e. The number of ether oxygens (including phenoxy) is 1. The van der Waals surface area contributed by atoms with Gasteiger partial charge in [0.25, 0.3) is 5.91 Å². The van der Waals surface area contributed by atoms with Crippen molar-refractivity contribution in [2.45, 2.75) is 31.3 Å². The van der Waals surface area contributed by atoms with Crippen LogP contribution in [-0.2, 0) is 16.6 Å². The summed E-state index contributed by atoms with van der Waals surface area (Å²) in [6.45, 7) is 6.63. The van der Waals surface area contributed by atoms with Gasteiger partial charge in [-0.05, 0) is 37.6 Å². The van der Waals surface area contributed by atoms with E-state index in [-0.39, 0.29) is 22.4 Å². The van der Waals surface area contributed by atoms with Gasteiger partial charge in [-0.2, -0.15) is 4.31 Å². The maximum Gasteiger partial charge on any atom is 0.255 e. The smallest absolute Gasteiger partial charge is 0.255 e. The van der Waals surface area contributed by atoms with E-state index in [1.807, 2.05) is 32.0 Å². The van der Waals surface area contributed by atoms with Crippen molar-refractivity contribution < 1.29 is 17.9 Å². The zero-order chi connectivity index (χ0) is 21.7. The summed E-state index contributed by atoms with van der Waals surface area (Å²) in [4.78, 5) is 14.9. The van der Waals surface area contributed by atoms with Crippen molar-refractivity contribution in [3.63, 3.8) is 0 Å². The van der Waals surface area contributed by atoms with Crippen LogP contribution < -0.4 is 10.1 Å². The zero-order valence-corrected chi connectivity index (χ0v) is 18.5. The van der Waals surface area contributed by atoms with Gasteiger partial charge in [0.2, 0.25) is 10.0 Å². The van der Waals surface area contributed by atoms with E-state index < -0.39 is 10.0 Å². The Balaban J connectivity index is 1.73. The first-order valence-electron chi connectivity index (χ1n) is 10.1. The predicted octanol–water partition coefficient (Wildman–Crippen LogP) is 2.34. The number of benzene rings is 2. The summed E-state index contributed by atoms with van der Waals surface area (Å²) >= 11 is 0. The molecule has 162 valence electrons. The van der Waals surface area contributed by atoms with E-state index in [1.54, 1.807) is 0 Å². The third-order valence-corrected chi connectivity index (χ3v) is 6.95. The van der Waals surface area contributed by atoms with E-state index in [0.717, 1.165) is 6.54 Å². The molecule has 1 aliphatic heterocycles. The molecule has 0 unspecified atom stereocenters. The molecular formula is C22H29N3O4S. The predicted molar refractivity (Wildman–Crippen MR) is 116 cm³/mol. The summed E-state index contributed by atoms with van der Waals surface area (Å²) in [6.07, 6.45) is 0. The molecule has 1 N–H and O–H groups in total. The Kier molecular flexibility index (Phi) is 7.12. The fourth-order valence-electron chi connectivity index (χ4n) is 3.48. The fourth-order valence-corrected chi connectivity index (χ4v) is 4.93. The number of rotatable bonds is 7. The third kappa shape index (κ3) is 5.19. The van der Waals surface area contributed by atoms with Gasteiger partial charge < -0.3 is 10.1 Å². The van der Waals surface area contributed by atoms with Gasteiger partial charge in [0.1, 0.15) is 5.75 Å². The second-order valence-corrected chi connectivity index (χ2v) is 9.59. The Bertz CT molecular complexity index is 969. The van der Waals surface area contributed by atoms with Crippen molar-refractivity contribution in [3.05, 3.63) is 59.7 Å². The number of amides is 1. The number of hydrogen-bond acceptors (Lipinski definition) is 5. The van der Waals surface area contributed by atoms with Crippen molar-refractivity contribution in [1.29, 1.82) is 0 Å². The highest BCUT2D eigenvalue weighted by Gasteiger charge is 2.29. The highest BCUT2D eigenvalue weighted by molar-refractivity contribution is 7.89. The Hall–Kier alpha value is -2.42. The molecule has 1 fully saturated rings. The Morgan fingerprint density at radius 3 is 2.33 bits per heavy atom. The van der Waals surface area contributed by atoms with Gasteiger partial charge in [-0.1, -0.05) is 30.3 Å². The molecule has 2 aromatic carbocycles. The van der Waals surface area contributed by atoms with Gasteiger partial charge in [-0.15, -0.1) is 0 Å². The lowest BCUT2D eigenvalue weighted by atomic mass is 10.2. The zero-order valence-electron chi connectivity index (χ0n) is 17.7. The molecule has 0 saturated carbocycles. The number of sulfonamides is 1. The summed E-state index contributed by atoms with van der Waals surface area (Å²) in [7, 11) is -2.24. The van der Waals surface area contributed by atoms with Crippen molar-refractivity contribution in [1.82, 2.24) is 14.5 Å². The maximum absolute atomic E-state index is 13.2. The van der Waals surface area contributed by atoms with E-state index >= 15 is 0 Å². The van der Waals surface area contributed by atoms with Crippen LogP contribution in [0.3, 0.4) is 0 Å². The molecule has 30 heavy (non-hydrogen) atoms. The average Bonchev–Trinajstić information content (AvgIpc) is 2.74. The number of methoxy groups -OCH3 is 1. The summed E-state index contributed by atoms with van der Waals surface area (Å²) in [5, 5.41) is 2.79. The van der Waals surface area contributed by atoms with Crippen LogP contribution in [0.15, 0.2) is 53.4 Å². The number of hydrogen-bond donors (Lipinski definition) is 1. The standard InChI is InChI=1S/C22H29N3O4S/c1-17(2)23-22(26)20-15-19(9-10-21(20)29-3)30(27,28)25-13-11-24(12-14-25)16-18-7-5-4-6-8-18/h4-10,15,17H,11-14,16H2,1-3H3,(H,23,26). The van der Waals surface area contributed by atoms with Crippen molar-refractivity contribution >= 4 is 15.9 Å². The lowest BCUT2D eigenvalue weighted by molar-refractivity contribution is 0.0940. The second kappa shape index (κ2) is 9.59. The van der Waals surface area contributed by atoms with Gasteiger partial charge in [0.15, 0.2) is 0 Å². The van der Waals surface area contributed by atoms with E-state index in [0.29, 0.717) is 31.9 Å². The molecule has 2 aromatic rings. The Morgan fingerprint density at radius 1 is 1.07 bits per heavy atom. The largest absolute Gasteiger partial charge is 0.496 e. The van der Waals surface area contributed by atoms with Crippen LogP contribution in [0.1, 0.15) is 29.8 Å². The SMILES string of the molecule is COc1ccc(S(=O)(=O)N2CCN(Cc3ccccc3)CC2)cc1C(=O)NC(C)C. The molecule has 0 radical (unpaired) electrons. The highest BCUT2D eigenvalue weighted by Crippen LogP contribution is 2.25. The number of nitrogens with one attached hydrogen (secondary N) is 1. The topological polar surface area (TPSA) is 79.0 Å². The van der Waals surface area contributed by atoms with E-state index in [9.17, 15) is 13.2 Å². The monoisotopic (exact) mass is 431 g/mol. The van der Waals surface area contributed by atoms with Crippen LogP contribution in [-0.4, -0.2) is 62.9 Å². The Morgan fingerprint density at radius 2 is 1.73 bits per heavy atom. The number of carbonyl (C=O) groups excluding carboxylic acids is 1. The van der Waals surface area contributed by atoms with E-state index in [1.165, 1.54) is 35.2 Å². The summed E-state index contributed by atoms with van der Waals surface area (Å²) in [5.41, 5.74) is 1.43. The molecular weight excluding hydrogens is 402 g/mol. The highest BCUT2D eigenvalue weighted by atomic mass is 32.2. The number of piperazine rings is 1. The van der Waals surface area contributed by atoms with Gasteiger partial charge in [-0.3, -0.25) is 9.69 Å². The second-order valence-electron chi connectivity index (χ2n) is 7.66. The number of nitrogens with zero attached hydrogens (tertiary/aromatic N) is 2. The van der Waals surface area contributed by atoms with Crippen LogP contribution in [0.5, 0.6) is 5.75 Å². The van der Waals surface area contributed by atoms with Gasteiger partial charge in [0, 0.05) is 38.8 Å². The van der Waals surface area contributed by atoms with E-state index in [2.05, 4.69) is 22.3 Å². The first-order chi connectivity index (χ1) is 14.3. The van der Waals surface area contributed by atoms with Crippen molar-refractivity contribution in [3.8, 4) is 5.75 Å². The van der Waals surface area contributed by atoms with Crippen molar-refractivity contribution in [2.75, 3.05) is 33.3 Å². The summed E-state index contributed by atoms with van der Waals surface area (Å²) in [5.74, 6) is -0.00800. The van der Waals surface area contributed by atoms with Gasteiger partial charge in [-0.25, -0.2) is 8.42 Å². The molecule has 1 aliphatic rings. The quantitative estimate of drug-likeness (QED) is 0.728. The van der Waals surface area contributed by atoms with Crippen LogP contribution in [0.4, 0.5) is 0 Å². The van der Waals surface area contributed by atoms with Crippen LogP contribution >= 0.6 is 0 Å². The lowest BCUT2D eigenvalue weighted by Gasteiger charge is -2.34. The molecule has 0 spiro atoms. The third-order valence-electron chi connectivity index (χ3n) is 5.05. The van der Waals surface area contributed by atoms with Crippen LogP contribution in [0.2, 0.25) is 0 Å². The first-order valence-corrected chi connectivity index (χ1v) is 11.5. The maximum atomic E-state index is 13.2. The molecule has 0 bridgehead atoms. The molecule has 0 aliphatic carbocycles. The summed E-state index contributed by atoms with van der Waals surface area (Å²) in [6, 6.07) is 14.5. The molecule has 0 aromatic heterocycles. The average molecular weight is 432 g/mol. The lowest BCUT2D eigenvalue weighted by Crippen LogP contribution is -2.48. The first kappa shape index (κ1) is 22.3. The molecule has 0 atom stereocenters. The molecule has 1 heterocycles. The van der Waals surface area contributed by atoms with Gasteiger partial charge in [0.05, 0.1) is 17.6 Å². The number of carbonyl (C=O) groups is 1. The molecule has 1 saturated heterocycles.